The first-order chi connectivity index (χ1) is 9.42. The van der Waals surface area contributed by atoms with Gasteiger partial charge < -0.3 is 15.4 Å². The molecule has 1 fully saturated rings. The van der Waals surface area contributed by atoms with Gasteiger partial charge in [0.15, 0.2) is 0 Å². The van der Waals surface area contributed by atoms with E-state index in [1.807, 2.05) is 6.92 Å². The first kappa shape index (κ1) is 15.6. The van der Waals surface area contributed by atoms with Crippen LogP contribution in [0.1, 0.15) is 20.3 Å². The van der Waals surface area contributed by atoms with Gasteiger partial charge in [0.2, 0.25) is 5.91 Å². The van der Waals surface area contributed by atoms with Crippen molar-refractivity contribution in [3.63, 3.8) is 0 Å². The summed E-state index contributed by atoms with van der Waals surface area (Å²) in [5.74, 6) is -0.180. The maximum absolute atomic E-state index is 12.0. The molecule has 2 atom stereocenters. The third-order valence-electron chi connectivity index (χ3n) is 3.77. The Morgan fingerprint density at radius 3 is 2.65 bits per heavy atom. The van der Waals surface area contributed by atoms with Crippen LogP contribution in [0.5, 0.6) is 0 Å². The molecule has 1 aromatic carbocycles. The quantitative estimate of drug-likeness (QED) is 0.897. The fraction of sp³-hybridized carbons (Fsp3) is 0.500. The number of hydrogen-bond acceptors (Lipinski definition) is 3. The Morgan fingerprint density at radius 1 is 1.45 bits per heavy atom. The van der Waals surface area contributed by atoms with E-state index in [9.17, 15) is 4.79 Å². The average molecular weight is 317 g/mol. The van der Waals surface area contributed by atoms with E-state index in [1.54, 1.807) is 18.2 Å². The molecule has 2 rings (SSSR count). The second kappa shape index (κ2) is 6.31. The van der Waals surface area contributed by atoms with E-state index in [4.69, 9.17) is 27.9 Å². The molecule has 0 bridgehead atoms. The molecule has 0 aromatic heterocycles. The van der Waals surface area contributed by atoms with E-state index in [1.165, 1.54) is 0 Å². The van der Waals surface area contributed by atoms with Crippen LogP contribution in [0.4, 0.5) is 5.69 Å². The topological polar surface area (TPSA) is 50.4 Å². The Bertz CT molecular complexity index is 490. The van der Waals surface area contributed by atoms with Crippen LogP contribution >= 0.6 is 23.2 Å². The SMILES string of the molecule is CC1OCCC1(C)NCC(=O)Nc1c(Cl)cccc1Cl. The predicted octanol–water partition coefficient (Wildman–Crippen LogP) is 3.09. The van der Waals surface area contributed by atoms with Crippen molar-refractivity contribution in [1.82, 2.24) is 5.32 Å². The molecule has 1 amide bonds. The molecule has 2 N–H and O–H groups in total. The van der Waals surface area contributed by atoms with Gasteiger partial charge >= 0.3 is 0 Å². The van der Waals surface area contributed by atoms with E-state index in [2.05, 4.69) is 17.6 Å². The van der Waals surface area contributed by atoms with Gasteiger partial charge in [0.05, 0.1) is 28.4 Å². The molecule has 0 aliphatic carbocycles. The lowest BCUT2D eigenvalue weighted by atomic mass is 9.95. The van der Waals surface area contributed by atoms with Gasteiger partial charge in [-0.3, -0.25) is 4.79 Å². The van der Waals surface area contributed by atoms with E-state index >= 15 is 0 Å². The summed E-state index contributed by atoms with van der Waals surface area (Å²) < 4.78 is 5.52. The van der Waals surface area contributed by atoms with Crippen molar-refractivity contribution in [3.05, 3.63) is 28.2 Å². The third-order valence-corrected chi connectivity index (χ3v) is 4.40. The van der Waals surface area contributed by atoms with Gasteiger partial charge in [-0.2, -0.15) is 0 Å². The lowest BCUT2D eigenvalue weighted by molar-refractivity contribution is -0.115. The van der Waals surface area contributed by atoms with Crippen molar-refractivity contribution in [2.24, 2.45) is 0 Å². The minimum absolute atomic E-state index is 0.0826. The molecule has 20 heavy (non-hydrogen) atoms. The summed E-state index contributed by atoms with van der Waals surface area (Å²) in [5.41, 5.74) is 0.269. The van der Waals surface area contributed by atoms with Gasteiger partial charge in [-0.1, -0.05) is 29.3 Å². The minimum atomic E-state index is -0.180. The number of halogens is 2. The number of nitrogens with one attached hydrogen (secondary N) is 2. The third kappa shape index (κ3) is 3.44. The number of ether oxygens (including phenoxy) is 1. The number of rotatable bonds is 4. The Kier molecular flexibility index (Phi) is 4.91. The fourth-order valence-electron chi connectivity index (χ4n) is 2.15. The summed E-state index contributed by atoms with van der Waals surface area (Å²) >= 11 is 12.0. The van der Waals surface area contributed by atoms with Crippen molar-refractivity contribution < 1.29 is 9.53 Å². The summed E-state index contributed by atoms with van der Waals surface area (Å²) in [5, 5.41) is 6.82. The molecule has 1 aliphatic rings. The number of amides is 1. The maximum Gasteiger partial charge on any atom is 0.238 e. The molecule has 1 aliphatic heterocycles. The summed E-state index contributed by atoms with van der Waals surface area (Å²) in [7, 11) is 0. The highest BCUT2D eigenvalue weighted by Gasteiger charge is 2.36. The number of para-hydroxylation sites is 1. The van der Waals surface area contributed by atoms with Crippen LogP contribution < -0.4 is 10.6 Å². The largest absolute Gasteiger partial charge is 0.377 e. The second-order valence-corrected chi connectivity index (χ2v) is 5.99. The van der Waals surface area contributed by atoms with Crippen LogP contribution in [0, 0.1) is 0 Å². The molecule has 1 aromatic rings. The molecule has 0 radical (unpaired) electrons. The molecule has 1 heterocycles. The lowest BCUT2D eigenvalue weighted by Crippen LogP contribution is -2.50. The predicted molar refractivity (Wildman–Crippen MR) is 81.5 cm³/mol. The summed E-state index contributed by atoms with van der Waals surface area (Å²) in [6.07, 6.45) is 0.966. The summed E-state index contributed by atoms with van der Waals surface area (Å²) in [4.78, 5) is 12.0. The van der Waals surface area contributed by atoms with Crippen molar-refractivity contribution in [2.75, 3.05) is 18.5 Å². The smallest absolute Gasteiger partial charge is 0.238 e. The van der Waals surface area contributed by atoms with Gasteiger partial charge in [-0.15, -0.1) is 0 Å². The van der Waals surface area contributed by atoms with Crippen LogP contribution in [0.25, 0.3) is 0 Å². The summed E-state index contributed by atoms with van der Waals surface area (Å²) in [6, 6.07) is 5.10. The standard InChI is InChI=1S/C14H18Cl2N2O2/c1-9-14(2,6-7-20-9)17-8-12(19)18-13-10(15)4-3-5-11(13)16/h3-5,9,17H,6-8H2,1-2H3,(H,18,19). The zero-order valence-corrected chi connectivity index (χ0v) is 13.0. The number of carbonyl (C=O) groups excluding carboxylic acids is 1. The van der Waals surface area contributed by atoms with Gasteiger partial charge in [-0.25, -0.2) is 0 Å². The summed E-state index contributed by atoms with van der Waals surface area (Å²) in [6.45, 7) is 4.96. The average Bonchev–Trinajstić information content (AvgIpc) is 2.73. The number of carbonyl (C=O) groups is 1. The van der Waals surface area contributed by atoms with E-state index in [-0.39, 0.29) is 24.1 Å². The fourth-order valence-corrected chi connectivity index (χ4v) is 2.64. The first-order valence-corrected chi connectivity index (χ1v) is 7.28. The van der Waals surface area contributed by atoms with Crippen molar-refractivity contribution >= 4 is 34.8 Å². The van der Waals surface area contributed by atoms with Crippen LogP contribution in [0.15, 0.2) is 18.2 Å². The van der Waals surface area contributed by atoms with Gasteiger partial charge in [0.25, 0.3) is 0 Å². The highest BCUT2D eigenvalue weighted by Crippen LogP contribution is 2.30. The number of hydrogen-bond donors (Lipinski definition) is 2. The van der Waals surface area contributed by atoms with Crippen LogP contribution in [-0.2, 0) is 9.53 Å². The molecule has 1 saturated heterocycles. The first-order valence-electron chi connectivity index (χ1n) is 6.53. The zero-order chi connectivity index (χ0) is 14.8. The molecule has 110 valence electrons. The molecular formula is C14H18Cl2N2O2. The van der Waals surface area contributed by atoms with Gasteiger partial charge in [-0.05, 0) is 32.4 Å². The van der Waals surface area contributed by atoms with Gasteiger partial charge in [0.1, 0.15) is 0 Å². The Hall–Kier alpha value is -0.810. The lowest BCUT2D eigenvalue weighted by Gasteiger charge is -2.28. The zero-order valence-electron chi connectivity index (χ0n) is 11.5. The highest BCUT2D eigenvalue weighted by atomic mass is 35.5. The second-order valence-electron chi connectivity index (χ2n) is 5.18. The normalized spacial score (nSPS) is 25.7. The van der Waals surface area contributed by atoms with Crippen molar-refractivity contribution in [2.45, 2.75) is 31.9 Å². The van der Waals surface area contributed by atoms with Crippen LogP contribution in [-0.4, -0.2) is 30.7 Å². The van der Waals surface area contributed by atoms with E-state index in [0.29, 0.717) is 22.3 Å². The van der Waals surface area contributed by atoms with Gasteiger partial charge in [0, 0.05) is 12.1 Å². The van der Waals surface area contributed by atoms with Crippen LogP contribution in [0.3, 0.4) is 0 Å². The molecule has 0 spiro atoms. The Balaban J connectivity index is 1.93. The minimum Gasteiger partial charge on any atom is -0.377 e. The number of anilines is 1. The molecular weight excluding hydrogens is 299 g/mol. The molecule has 6 heteroatoms. The highest BCUT2D eigenvalue weighted by molar-refractivity contribution is 6.39. The molecule has 4 nitrogen and oxygen atoms in total. The maximum atomic E-state index is 12.0. The molecule has 2 unspecified atom stereocenters. The van der Waals surface area contributed by atoms with Crippen LogP contribution in [0.2, 0.25) is 10.0 Å². The van der Waals surface area contributed by atoms with E-state index < -0.39 is 0 Å². The Labute approximate surface area is 128 Å². The molecule has 0 saturated carbocycles. The Morgan fingerprint density at radius 2 is 2.10 bits per heavy atom. The van der Waals surface area contributed by atoms with Crippen molar-refractivity contribution in [1.29, 1.82) is 0 Å². The van der Waals surface area contributed by atoms with E-state index in [0.717, 1.165) is 6.42 Å². The van der Waals surface area contributed by atoms with Crippen molar-refractivity contribution in [3.8, 4) is 0 Å². The monoisotopic (exact) mass is 316 g/mol. The number of benzene rings is 1.